The molecule has 1 aliphatic heterocycles. The number of ether oxygens (including phenoxy) is 2. The Bertz CT molecular complexity index is 395. The number of piperidine rings is 1. The number of likely N-dealkylation sites (tertiary alicyclic amines) is 1. The lowest BCUT2D eigenvalue weighted by molar-refractivity contribution is 0.0668. The van der Waals surface area contributed by atoms with Crippen molar-refractivity contribution in [2.75, 3.05) is 27.3 Å². The summed E-state index contributed by atoms with van der Waals surface area (Å²) in [5.41, 5.74) is 1.18. The zero-order valence-electron chi connectivity index (χ0n) is 11.1. The minimum Gasteiger partial charge on any atom is -0.493 e. The average Bonchev–Trinajstić information content (AvgIpc) is 2.38. The van der Waals surface area contributed by atoms with Gasteiger partial charge in [0, 0.05) is 13.1 Å². The molecule has 1 heterocycles. The van der Waals surface area contributed by atoms with Gasteiger partial charge in [0.25, 0.3) is 0 Å². The van der Waals surface area contributed by atoms with Gasteiger partial charge in [-0.25, -0.2) is 0 Å². The molecule has 4 heteroatoms. The standard InChI is InChI=1S/C14H21NO3/c1-17-13-6-5-11(8-14(13)18-2)9-15-7-3-4-12(16)10-15/h5-6,8,12,16H,3-4,7,9-10H2,1-2H3/t12-/m0/s1. The summed E-state index contributed by atoms with van der Waals surface area (Å²) in [5, 5.41) is 9.65. The number of hydrogen-bond donors (Lipinski definition) is 1. The highest BCUT2D eigenvalue weighted by Gasteiger charge is 2.18. The van der Waals surface area contributed by atoms with Gasteiger partial charge in [-0.05, 0) is 37.1 Å². The molecule has 18 heavy (non-hydrogen) atoms. The monoisotopic (exact) mass is 251 g/mol. The largest absolute Gasteiger partial charge is 0.493 e. The van der Waals surface area contributed by atoms with Gasteiger partial charge in [-0.2, -0.15) is 0 Å². The van der Waals surface area contributed by atoms with E-state index in [2.05, 4.69) is 4.90 Å². The van der Waals surface area contributed by atoms with Crippen LogP contribution in [0.1, 0.15) is 18.4 Å². The summed E-state index contributed by atoms with van der Waals surface area (Å²) in [5.74, 6) is 1.51. The highest BCUT2D eigenvalue weighted by atomic mass is 16.5. The summed E-state index contributed by atoms with van der Waals surface area (Å²) in [6.45, 7) is 2.65. The Hall–Kier alpha value is -1.26. The Morgan fingerprint density at radius 1 is 1.28 bits per heavy atom. The number of nitrogens with zero attached hydrogens (tertiary/aromatic N) is 1. The number of benzene rings is 1. The first-order chi connectivity index (χ1) is 8.72. The minimum absolute atomic E-state index is 0.182. The lowest BCUT2D eigenvalue weighted by Crippen LogP contribution is -2.37. The molecule has 4 nitrogen and oxygen atoms in total. The number of aliphatic hydroxyl groups excluding tert-OH is 1. The van der Waals surface area contributed by atoms with Crippen LogP contribution in [0.2, 0.25) is 0 Å². The Labute approximate surface area is 108 Å². The molecule has 0 saturated carbocycles. The maximum atomic E-state index is 9.65. The quantitative estimate of drug-likeness (QED) is 0.883. The van der Waals surface area contributed by atoms with Crippen LogP contribution < -0.4 is 9.47 Å². The highest BCUT2D eigenvalue weighted by Crippen LogP contribution is 2.28. The van der Waals surface area contributed by atoms with Gasteiger partial charge >= 0.3 is 0 Å². The Morgan fingerprint density at radius 3 is 2.72 bits per heavy atom. The van der Waals surface area contributed by atoms with Crippen molar-refractivity contribution in [1.82, 2.24) is 4.90 Å². The van der Waals surface area contributed by atoms with Crippen molar-refractivity contribution in [3.8, 4) is 11.5 Å². The second-order valence-corrected chi connectivity index (χ2v) is 4.72. The van der Waals surface area contributed by atoms with E-state index in [1.54, 1.807) is 14.2 Å². The lowest BCUT2D eigenvalue weighted by atomic mass is 10.1. The van der Waals surface area contributed by atoms with Gasteiger partial charge in [0.15, 0.2) is 11.5 Å². The molecule has 1 aromatic carbocycles. The summed E-state index contributed by atoms with van der Waals surface area (Å²) >= 11 is 0. The fraction of sp³-hybridized carbons (Fsp3) is 0.571. The first-order valence-electron chi connectivity index (χ1n) is 6.34. The molecule has 2 rings (SSSR count). The highest BCUT2D eigenvalue weighted by molar-refractivity contribution is 5.42. The predicted octanol–water partition coefficient (Wildman–Crippen LogP) is 1.66. The number of hydrogen-bond acceptors (Lipinski definition) is 4. The topological polar surface area (TPSA) is 41.9 Å². The molecule has 1 aromatic rings. The SMILES string of the molecule is COc1ccc(CN2CCC[C@H](O)C2)cc1OC. The summed E-state index contributed by atoms with van der Waals surface area (Å²) in [6, 6.07) is 5.97. The van der Waals surface area contributed by atoms with E-state index in [4.69, 9.17) is 9.47 Å². The number of methoxy groups -OCH3 is 2. The van der Waals surface area contributed by atoms with E-state index in [1.165, 1.54) is 5.56 Å². The molecule has 0 radical (unpaired) electrons. The van der Waals surface area contributed by atoms with E-state index >= 15 is 0 Å². The smallest absolute Gasteiger partial charge is 0.161 e. The Morgan fingerprint density at radius 2 is 2.06 bits per heavy atom. The first kappa shape index (κ1) is 13.2. The molecule has 1 N–H and O–H groups in total. The lowest BCUT2D eigenvalue weighted by Gasteiger charge is -2.30. The van der Waals surface area contributed by atoms with Crippen molar-refractivity contribution < 1.29 is 14.6 Å². The summed E-state index contributed by atoms with van der Waals surface area (Å²) < 4.78 is 10.5. The first-order valence-corrected chi connectivity index (χ1v) is 6.34. The van der Waals surface area contributed by atoms with Gasteiger partial charge in [0.1, 0.15) is 0 Å². The van der Waals surface area contributed by atoms with Crippen molar-refractivity contribution in [2.45, 2.75) is 25.5 Å². The predicted molar refractivity (Wildman–Crippen MR) is 70.1 cm³/mol. The maximum Gasteiger partial charge on any atom is 0.161 e. The van der Waals surface area contributed by atoms with Gasteiger partial charge < -0.3 is 14.6 Å². The van der Waals surface area contributed by atoms with E-state index in [0.29, 0.717) is 0 Å². The molecule has 0 aromatic heterocycles. The van der Waals surface area contributed by atoms with Crippen LogP contribution in [0.25, 0.3) is 0 Å². The second-order valence-electron chi connectivity index (χ2n) is 4.72. The molecule has 1 saturated heterocycles. The van der Waals surface area contributed by atoms with Crippen LogP contribution in [0.15, 0.2) is 18.2 Å². The van der Waals surface area contributed by atoms with Crippen LogP contribution in [-0.4, -0.2) is 43.4 Å². The van der Waals surface area contributed by atoms with Crippen molar-refractivity contribution in [3.63, 3.8) is 0 Å². The van der Waals surface area contributed by atoms with Gasteiger partial charge in [0.2, 0.25) is 0 Å². The van der Waals surface area contributed by atoms with Crippen molar-refractivity contribution in [2.24, 2.45) is 0 Å². The third-order valence-electron chi connectivity index (χ3n) is 3.33. The van der Waals surface area contributed by atoms with E-state index in [0.717, 1.165) is 44.0 Å². The van der Waals surface area contributed by atoms with E-state index in [9.17, 15) is 5.11 Å². The molecule has 0 bridgehead atoms. The van der Waals surface area contributed by atoms with Crippen LogP contribution in [0.4, 0.5) is 0 Å². The minimum atomic E-state index is -0.182. The Kier molecular flexibility index (Phi) is 4.44. The molecule has 1 fully saturated rings. The van der Waals surface area contributed by atoms with E-state index in [-0.39, 0.29) is 6.10 Å². The molecule has 1 aliphatic rings. The fourth-order valence-electron chi connectivity index (χ4n) is 2.41. The van der Waals surface area contributed by atoms with Gasteiger partial charge in [-0.15, -0.1) is 0 Å². The maximum absolute atomic E-state index is 9.65. The van der Waals surface area contributed by atoms with Gasteiger partial charge in [-0.1, -0.05) is 6.07 Å². The summed E-state index contributed by atoms with van der Waals surface area (Å²) in [7, 11) is 3.28. The molecule has 0 unspecified atom stereocenters. The van der Waals surface area contributed by atoms with Crippen LogP contribution in [0.3, 0.4) is 0 Å². The number of aliphatic hydroxyl groups is 1. The molecule has 0 aliphatic carbocycles. The third-order valence-corrected chi connectivity index (χ3v) is 3.33. The summed E-state index contributed by atoms with van der Waals surface area (Å²) in [6.07, 6.45) is 1.80. The van der Waals surface area contributed by atoms with Gasteiger partial charge in [-0.3, -0.25) is 4.90 Å². The second kappa shape index (κ2) is 6.07. The Balaban J connectivity index is 2.04. The van der Waals surface area contributed by atoms with E-state index in [1.807, 2.05) is 18.2 Å². The van der Waals surface area contributed by atoms with E-state index < -0.39 is 0 Å². The molecular formula is C14H21NO3. The fourth-order valence-corrected chi connectivity index (χ4v) is 2.41. The molecule has 0 amide bonds. The van der Waals surface area contributed by atoms with Crippen LogP contribution in [0.5, 0.6) is 11.5 Å². The molecule has 0 spiro atoms. The van der Waals surface area contributed by atoms with Crippen molar-refractivity contribution in [1.29, 1.82) is 0 Å². The third kappa shape index (κ3) is 3.15. The van der Waals surface area contributed by atoms with Crippen molar-refractivity contribution >= 4 is 0 Å². The molecule has 1 atom stereocenters. The zero-order chi connectivity index (χ0) is 13.0. The normalized spacial score (nSPS) is 20.7. The zero-order valence-corrected chi connectivity index (χ0v) is 11.1. The van der Waals surface area contributed by atoms with Crippen LogP contribution in [0, 0.1) is 0 Å². The number of rotatable bonds is 4. The molecule has 100 valence electrons. The van der Waals surface area contributed by atoms with Crippen molar-refractivity contribution in [3.05, 3.63) is 23.8 Å². The van der Waals surface area contributed by atoms with Crippen LogP contribution >= 0.6 is 0 Å². The van der Waals surface area contributed by atoms with Gasteiger partial charge in [0.05, 0.1) is 20.3 Å². The average molecular weight is 251 g/mol. The van der Waals surface area contributed by atoms with Crippen LogP contribution in [-0.2, 0) is 6.54 Å². The summed E-state index contributed by atoms with van der Waals surface area (Å²) in [4.78, 5) is 2.27. The molecular weight excluding hydrogens is 230 g/mol. The number of β-amino-alcohol motifs (C(OH)–C–C–N with tert-alkyl or cyclic N) is 1.